The van der Waals surface area contributed by atoms with Gasteiger partial charge in [0.15, 0.2) is 0 Å². The molecule has 0 aliphatic carbocycles. The maximum absolute atomic E-state index is 12.6. The third kappa shape index (κ3) is 5.82. The molecule has 2 amide bonds. The van der Waals surface area contributed by atoms with Crippen LogP contribution in [0.2, 0.25) is 0 Å². The number of amides is 2. The summed E-state index contributed by atoms with van der Waals surface area (Å²) in [5.41, 5.74) is 2.65. The van der Waals surface area contributed by atoms with Gasteiger partial charge in [0.2, 0.25) is 10.0 Å². The fraction of sp³-hybridized carbons (Fsp3) is 0.364. The van der Waals surface area contributed by atoms with Crippen molar-refractivity contribution in [1.82, 2.24) is 5.32 Å². The van der Waals surface area contributed by atoms with E-state index in [2.05, 4.69) is 15.4 Å². The Morgan fingerprint density at radius 2 is 1.47 bits per heavy atom. The first-order valence-electron chi connectivity index (χ1n) is 9.65. The molecule has 0 aliphatic heterocycles. The number of aryl methyl sites for hydroxylation is 1. The molecule has 2 rings (SSSR count). The summed E-state index contributed by atoms with van der Waals surface area (Å²) < 4.78 is 26.0. The van der Waals surface area contributed by atoms with Crippen LogP contribution in [0.4, 0.5) is 11.4 Å². The first-order chi connectivity index (χ1) is 13.8. The highest BCUT2D eigenvalue weighted by Gasteiger charge is 2.28. The largest absolute Gasteiger partial charge is 0.350 e. The minimum absolute atomic E-state index is 0.0352. The van der Waals surface area contributed by atoms with E-state index < -0.39 is 14.8 Å². The molecule has 30 heavy (non-hydrogen) atoms. The van der Waals surface area contributed by atoms with E-state index in [1.807, 2.05) is 20.8 Å². The zero-order valence-corrected chi connectivity index (χ0v) is 19.0. The topological polar surface area (TPSA) is 104 Å². The predicted molar refractivity (Wildman–Crippen MR) is 120 cm³/mol. The van der Waals surface area contributed by atoms with Crippen molar-refractivity contribution >= 4 is 33.2 Å². The van der Waals surface area contributed by atoms with Gasteiger partial charge in [0.05, 0.1) is 4.75 Å². The first kappa shape index (κ1) is 23.4. The molecule has 0 aliphatic rings. The van der Waals surface area contributed by atoms with Crippen molar-refractivity contribution in [2.75, 3.05) is 10.0 Å². The molecule has 0 aromatic heterocycles. The third-order valence-corrected chi connectivity index (χ3v) is 6.48. The van der Waals surface area contributed by atoms with Gasteiger partial charge in [-0.05, 0) is 89.6 Å². The van der Waals surface area contributed by atoms with Crippen molar-refractivity contribution in [3.63, 3.8) is 0 Å². The van der Waals surface area contributed by atoms with E-state index >= 15 is 0 Å². The van der Waals surface area contributed by atoms with Crippen LogP contribution in [0.25, 0.3) is 0 Å². The van der Waals surface area contributed by atoms with Crippen LogP contribution < -0.4 is 15.4 Å². The van der Waals surface area contributed by atoms with E-state index in [1.54, 1.807) is 63.2 Å². The second-order valence-electron chi connectivity index (χ2n) is 8.41. The van der Waals surface area contributed by atoms with Crippen molar-refractivity contribution < 1.29 is 18.0 Å². The highest BCUT2D eigenvalue weighted by molar-refractivity contribution is 7.94. The Balaban J connectivity index is 2.10. The fourth-order valence-electron chi connectivity index (χ4n) is 2.48. The molecule has 0 spiro atoms. The third-order valence-electron chi connectivity index (χ3n) is 4.36. The van der Waals surface area contributed by atoms with Crippen molar-refractivity contribution in [3.8, 4) is 0 Å². The molecule has 0 unspecified atom stereocenters. The minimum Gasteiger partial charge on any atom is -0.350 e. The highest BCUT2D eigenvalue weighted by atomic mass is 32.2. The number of rotatable bonds is 6. The van der Waals surface area contributed by atoms with Crippen molar-refractivity contribution in [2.24, 2.45) is 0 Å². The molecule has 8 heteroatoms. The summed E-state index contributed by atoms with van der Waals surface area (Å²) in [4.78, 5) is 24.7. The number of hydrogen-bond acceptors (Lipinski definition) is 4. The van der Waals surface area contributed by atoms with Gasteiger partial charge in [0, 0.05) is 28.5 Å². The van der Waals surface area contributed by atoms with Gasteiger partial charge in [-0.1, -0.05) is 0 Å². The summed E-state index contributed by atoms with van der Waals surface area (Å²) in [7, 11) is -3.54. The summed E-state index contributed by atoms with van der Waals surface area (Å²) in [5, 5.41) is 5.64. The summed E-state index contributed by atoms with van der Waals surface area (Å²) >= 11 is 0. The van der Waals surface area contributed by atoms with Crippen molar-refractivity contribution in [1.29, 1.82) is 0 Å². The van der Waals surface area contributed by atoms with Crippen LogP contribution in [0, 0.1) is 6.92 Å². The summed E-state index contributed by atoms with van der Waals surface area (Å²) in [6.45, 7) is 10.4. The predicted octanol–water partition coefficient (Wildman–Crippen LogP) is 3.93. The van der Waals surface area contributed by atoms with Crippen LogP contribution in [0.15, 0.2) is 42.5 Å². The van der Waals surface area contributed by atoms with Gasteiger partial charge in [-0.2, -0.15) is 0 Å². The molecule has 0 radical (unpaired) electrons. The fourth-order valence-corrected chi connectivity index (χ4v) is 3.24. The molecule has 0 bridgehead atoms. The molecule has 0 heterocycles. The lowest BCUT2D eigenvalue weighted by Gasteiger charge is -2.20. The zero-order chi connectivity index (χ0) is 22.7. The minimum atomic E-state index is -3.54. The standard InChI is InChI=1S/C22H29N3O4S/c1-14(2)23-21(27)17-9-12-19(15(3)13-17)24-20(26)16-7-10-18(11-8-16)25-30(28,29)22(4,5)6/h7-14,25H,1-6H3,(H,23,27)(H,24,26). The van der Waals surface area contributed by atoms with Crippen LogP contribution in [-0.4, -0.2) is 31.0 Å². The summed E-state index contributed by atoms with van der Waals surface area (Å²) in [5.74, 6) is -0.498. The monoisotopic (exact) mass is 431 g/mol. The van der Waals surface area contributed by atoms with Crippen LogP contribution >= 0.6 is 0 Å². The number of nitrogens with one attached hydrogen (secondary N) is 3. The van der Waals surface area contributed by atoms with E-state index in [0.29, 0.717) is 22.5 Å². The van der Waals surface area contributed by atoms with Gasteiger partial charge in [0.1, 0.15) is 0 Å². The van der Waals surface area contributed by atoms with Crippen LogP contribution in [0.1, 0.15) is 60.9 Å². The Bertz CT molecular complexity index is 1040. The lowest BCUT2D eigenvalue weighted by Crippen LogP contribution is -2.33. The molecule has 162 valence electrons. The molecule has 0 atom stereocenters. The number of benzene rings is 2. The summed E-state index contributed by atoms with van der Waals surface area (Å²) in [6, 6.07) is 11.3. The Labute approximate surface area is 178 Å². The van der Waals surface area contributed by atoms with Gasteiger partial charge in [0.25, 0.3) is 11.8 Å². The number of carbonyl (C=O) groups excluding carboxylic acids is 2. The van der Waals surface area contributed by atoms with Gasteiger partial charge in [-0.25, -0.2) is 8.42 Å². The van der Waals surface area contributed by atoms with E-state index in [0.717, 1.165) is 5.56 Å². The van der Waals surface area contributed by atoms with Gasteiger partial charge >= 0.3 is 0 Å². The molecule has 3 N–H and O–H groups in total. The van der Waals surface area contributed by atoms with Gasteiger partial charge in [-0.3, -0.25) is 14.3 Å². The van der Waals surface area contributed by atoms with Crippen molar-refractivity contribution in [3.05, 3.63) is 59.2 Å². The average Bonchev–Trinajstić information content (AvgIpc) is 2.62. The van der Waals surface area contributed by atoms with E-state index in [-0.39, 0.29) is 17.9 Å². The Kier molecular flexibility index (Phi) is 6.92. The maximum Gasteiger partial charge on any atom is 0.255 e. The second-order valence-corrected chi connectivity index (χ2v) is 10.8. The van der Waals surface area contributed by atoms with E-state index in [4.69, 9.17) is 0 Å². The van der Waals surface area contributed by atoms with Gasteiger partial charge < -0.3 is 10.6 Å². The van der Waals surface area contributed by atoms with Crippen LogP contribution in [0.3, 0.4) is 0 Å². The maximum atomic E-state index is 12.6. The second kappa shape index (κ2) is 8.87. The average molecular weight is 432 g/mol. The lowest BCUT2D eigenvalue weighted by atomic mass is 10.1. The quantitative estimate of drug-likeness (QED) is 0.645. The SMILES string of the molecule is Cc1cc(C(=O)NC(C)C)ccc1NC(=O)c1ccc(NS(=O)(=O)C(C)(C)C)cc1. The summed E-state index contributed by atoms with van der Waals surface area (Å²) in [6.07, 6.45) is 0. The molecular weight excluding hydrogens is 402 g/mol. The zero-order valence-electron chi connectivity index (χ0n) is 18.2. The normalized spacial score (nSPS) is 11.8. The molecule has 2 aromatic rings. The molecule has 2 aromatic carbocycles. The Hall–Kier alpha value is -2.87. The molecule has 0 fully saturated rings. The van der Waals surface area contributed by atoms with Crippen LogP contribution in [-0.2, 0) is 10.0 Å². The first-order valence-corrected chi connectivity index (χ1v) is 11.1. The van der Waals surface area contributed by atoms with Crippen LogP contribution in [0.5, 0.6) is 0 Å². The Morgan fingerprint density at radius 3 is 1.97 bits per heavy atom. The molecular formula is C22H29N3O4S. The van der Waals surface area contributed by atoms with E-state index in [9.17, 15) is 18.0 Å². The number of anilines is 2. The van der Waals surface area contributed by atoms with Gasteiger partial charge in [-0.15, -0.1) is 0 Å². The number of sulfonamides is 1. The molecule has 0 saturated heterocycles. The lowest BCUT2D eigenvalue weighted by molar-refractivity contribution is 0.0942. The highest BCUT2D eigenvalue weighted by Crippen LogP contribution is 2.21. The van der Waals surface area contributed by atoms with E-state index in [1.165, 1.54) is 0 Å². The number of hydrogen-bond donors (Lipinski definition) is 3. The molecule has 7 nitrogen and oxygen atoms in total. The number of carbonyl (C=O) groups is 2. The smallest absolute Gasteiger partial charge is 0.255 e. The van der Waals surface area contributed by atoms with Crippen molar-refractivity contribution in [2.45, 2.75) is 52.3 Å². The molecule has 0 saturated carbocycles. The Morgan fingerprint density at radius 1 is 0.900 bits per heavy atom.